The molecule has 0 amide bonds. The summed E-state index contributed by atoms with van der Waals surface area (Å²) in [5, 5.41) is 10.5. The molecule has 0 nitrogen and oxygen atoms in total. The molecular formula is C68H66. The van der Waals surface area contributed by atoms with Gasteiger partial charge >= 0.3 is 0 Å². The lowest BCUT2D eigenvalue weighted by Crippen LogP contribution is -2.14. The Balaban J connectivity index is 1.29. The van der Waals surface area contributed by atoms with Crippen LogP contribution < -0.4 is 0 Å². The van der Waals surface area contributed by atoms with Gasteiger partial charge in [0.2, 0.25) is 0 Å². The maximum Gasteiger partial charge on any atom is 0.0360 e. The lowest BCUT2D eigenvalue weighted by Gasteiger charge is -2.31. The van der Waals surface area contributed by atoms with Gasteiger partial charge in [0.25, 0.3) is 0 Å². The van der Waals surface area contributed by atoms with Gasteiger partial charge in [-0.05, 0) is 198 Å². The van der Waals surface area contributed by atoms with Crippen molar-refractivity contribution in [1.29, 1.82) is 0 Å². The molecule has 0 spiro atoms. The van der Waals surface area contributed by atoms with Gasteiger partial charge in [-0.3, -0.25) is 0 Å². The zero-order chi connectivity index (χ0) is 47.4. The second-order valence-corrected chi connectivity index (χ2v) is 20.1. The summed E-state index contributed by atoms with van der Waals surface area (Å²) in [6, 6.07) is 65.2. The van der Waals surface area contributed by atoms with E-state index in [0.29, 0.717) is 11.8 Å². The minimum atomic E-state index is 0.0303. The molecule has 0 heterocycles. The summed E-state index contributed by atoms with van der Waals surface area (Å²) in [6.07, 6.45) is 2.16. The SMILES string of the molecule is CCC(C)c1ccc2ccccc2c1C(c1c(C)cccc1C)c1cc(C)c(-c2c(C)cc(C(c3c(C)cccc3C)c3c(C(C)CC)ccc4ccccc34)c3ccccc23)c2ccccc12. The molecule has 0 aliphatic carbocycles. The van der Waals surface area contributed by atoms with Crippen molar-refractivity contribution in [3.8, 4) is 11.1 Å². The van der Waals surface area contributed by atoms with Crippen LogP contribution in [-0.4, -0.2) is 0 Å². The van der Waals surface area contributed by atoms with Gasteiger partial charge in [0.05, 0.1) is 0 Å². The van der Waals surface area contributed by atoms with Crippen molar-refractivity contribution < 1.29 is 0 Å². The van der Waals surface area contributed by atoms with Crippen LogP contribution in [0.1, 0.15) is 142 Å². The van der Waals surface area contributed by atoms with Gasteiger partial charge < -0.3 is 0 Å². The third-order valence-corrected chi connectivity index (χ3v) is 16.0. The Morgan fingerprint density at radius 3 is 0.971 bits per heavy atom. The molecule has 0 aliphatic rings. The number of aryl methyl sites for hydroxylation is 6. The van der Waals surface area contributed by atoms with Gasteiger partial charge in [-0.15, -0.1) is 0 Å². The minimum Gasteiger partial charge on any atom is -0.0648 e. The van der Waals surface area contributed by atoms with E-state index in [9.17, 15) is 0 Å². The van der Waals surface area contributed by atoms with E-state index in [1.807, 2.05) is 0 Å². The van der Waals surface area contributed by atoms with Crippen molar-refractivity contribution in [2.75, 3.05) is 0 Å². The van der Waals surface area contributed by atoms with Crippen LogP contribution in [0, 0.1) is 41.5 Å². The molecule has 10 aromatic carbocycles. The van der Waals surface area contributed by atoms with Crippen LogP contribution in [0.2, 0.25) is 0 Å². The minimum absolute atomic E-state index is 0.0303. The molecule has 0 aromatic heterocycles. The van der Waals surface area contributed by atoms with Gasteiger partial charge in [0.1, 0.15) is 0 Å². The Labute approximate surface area is 405 Å². The summed E-state index contributed by atoms with van der Waals surface area (Å²) < 4.78 is 0. The normalized spacial score (nSPS) is 13.6. The Bertz CT molecular complexity index is 3270. The van der Waals surface area contributed by atoms with Crippen molar-refractivity contribution in [2.45, 2.75) is 106 Å². The van der Waals surface area contributed by atoms with Crippen LogP contribution in [0.4, 0.5) is 0 Å². The van der Waals surface area contributed by atoms with Crippen molar-refractivity contribution in [3.05, 3.63) is 248 Å². The third-order valence-electron chi connectivity index (χ3n) is 16.0. The standard InChI is InChI=1S/C68H66/c1-11-41(3)51-37-35-49-27-13-15-29-53(49)65(51)67(61-43(5)23-21-24-44(61)6)59-39-47(9)63(57-33-19-17-31-55(57)59)64-48(10)40-60(56-32-18-20-34-58(56)64)68(62-45(7)25-22-26-46(62)8)66-52(42(4)12-2)38-36-50-28-14-16-30-54(50)66/h13-42,67-68H,11-12H2,1-10H3. The largest absolute Gasteiger partial charge is 0.0648 e. The van der Waals surface area contributed by atoms with Crippen LogP contribution in [0.3, 0.4) is 0 Å². The summed E-state index contributed by atoms with van der Waals surface area (Å²) in [4.78, 5) is 0. The van der Waals surface area contributed by atoms with E-state index in [1.54, 1.807) is 0 Å². The number of hydrogen-bond acceptors (Lipinski definition) is 0. The number of benzene rings is 10. The highest BCUT2D eigenvalue weighted by Crippen LogP contribution is 2.51. The topological polar surface area (TPSA) is 0 Å². The van der Waals surface area contributed by atoms with Crippen molar-refractivity contribution in [3.63, 3.8) is 0 Å². The summed E-state index contributed by atoms with van der Waals surface area (Å²) >= 11 is 0. The molecule has 0 heteroatoms. The molecule has 0 radical (unpaired) electrons. The Morgan fingerprint density at radius 1 is 0.294 bits per heavy atom. The first-order valence-corrected chi connectivity index (χ1v) is 25.2. The van der Waals surface area contributed by atoms with Crippen LogP contribution in [0.25, 0.3) is 54.2 Å². The highest BCUT2D eigenvalue weighted by Gasteiger charge is 2.32. The first-order valence-electron chi connectivity index (χ1n) is 25.2. The van der Waals surface area contributed by atoms with Gasteiger partial charge in [0.15, 0.2) is 0 Å². The molecule has 4 atom stereocenters. The molecule has 10 aromatic rings. The zero-order valence-corrected chi connectivity index (χ0v) is 41.9. The summed E-state index contributed by atoms with van der Waals surface area (Å²) in [7, 11) is 0. The van der Waals surface area contributed by atoms with E-state index in [0.717, 1.165) is 12.8 Å². The number of hydrogen-bond donors (Lipinski definition) is 0. The Kier molecular flexibility index (Phi) is 12.2. The van der Waals surface area contributed by atoms with E-state index < -0.39 is 0 Å². The number of rotatable bonds is 11. The van der Waals surface area contributed by atoms with E-state index in [2.05, 4.69) is 239 Å². The average molecular weight is 883 g/mol. The average Bonchev–Trinajstić information content (AvgIpc) is 3.35. The predicted octanol–water partition coefficient (Wildman–Crippen LogP) is 19.2. The van der Waals surface area contributed by atoms with Crippen molar-refractivity contribution in [1.82, 2.24) is 0 Å². The van der Waals surface area contributed by atoms with Crippen molar-refractivity contribution >= 4 is 43.1 Å². The van der Waals surface area contributed by atoms with E-state index >= 15 is 0 Å². The van der Waals surface area contributed by atoms with Crippen molar-refractivity contribution in [2.24, 2.45) is 0 Å². The number of fused-ring (bicyclic) bond motifs is 4. The van der Waals surface area contributed by atoms with E-state index in [1.165, 1.54) is 132 Å². The first kappa shape index (κ1) is 45.0. The molecule has 10 rings (SSSR count). The predicted molar refractivity (Wildman–Crippen MR) is 295 cm³/mol. The summed E-state index contributed by atoms with van der Waals surface area (Å²) in [6.45, 7) is 23.5. The molecule has 0 bridgehead atoms. The lowest BCUT2D eigenvalue weighted by molar-refractivity contribution is 0.720. The molecule has 0 saturated carbocycles. The van der Waals surface area contributed by atoms with E-state index in [4.69, 9.17) is 0 Å². The van der Waals surface area contributed by atoms with Gasteiger partial charge in [-0.1, -0.05) is 198 Å². The zero-order valence-electron chi connectivity index (χ0n) is 41.9. The first-order chi connectivity index (χ1) is 33.0. The van der Waals surface area contributed by atoms with E-state index in [-0.39, 0.29) is 11.8 Å². The molecule has 0 fully saturated rings. The fourth-order valence-corrected chi connectivity index (χ4v) is 12.3. The smallest absolute Gasteiger partial charge is 0.0360 e. The van der Waals surface area contributed by atoms with Gasteiger partial charge in [-0.2, -0.15) is 0 Å². The quantitative estimate of drug-likeness (QED) is 0.114. The monoisotopic (exact) mass is 883 g/mol. The highest BCUT2D eigenvalue weighted by atomic mass is 14.3. The molecular weight excluding hydrogens is 817 g/mol. The summed E-state index contributed by atoms with van der Waals surface area (Å²) in [5.41, 5.74) is 22.0. The van der Waals surface area contributed by atoms with Crippen LogP contribution in [-0.2, 0) is 0 Å². The third kappa shape index (κ3) is 7.54. The van der Waals surface area contributed by atoms with Crippen LogP contribution in [0.5, 0.6) is 0 Å². The van der Waals surface area contributed by atoms with Crippen LogP contribution >= 0.6 is 0 Å². The Hall–Kier alpha value is -6.76. The molecule has 0 N–H and O–H groups in total. The fraction of sp³-hybridized carbons (Fsp3) is 0.235. The fourth-order valence-electron chi connectivity index (χ4n) is 12.3. The van der Waals surface area contributed by atoms with Crippen LogP contribution in [0.15, 0.2) is 170 Å². The molecule has 4 unspecified atom stereocenters. The highest BCUT2D eigenvalue weighted by molar-refractivity contribution is 6.10. The molecule has 0 aliphatic heterocycles. The maximum absolute atomic E-state index is 2.58. The summed E-state index contributed by atoms with van der Waals surface area (Å²) in [5.74, 6) is 0.872. The molecule has 68 heavy (non-hydrogen) atoms. The Morgan fingerprint density at radius 2 is 0.618 bits per heavy atom. The second kappa shape index (κ2) is 18.4. The van der Waals surface area contributed by atoms with Gasteiger partial charge in [0, 0.05) is 11.8 Å². The second-order valence-electron chi connectivity index (χ2n) is 20.1. The maximum atomic E-state index is 2.58. The molecule has 338 valence electrons. The lowest BCUT2D eigenvalue weighted by atomic mass is 9.72. The molecule has 0 saturated heterocycles. The van der Waals surface area contributed by atoms with Gasteiger partial charge in [-0.25, -0.2) is 0 Å².